The number of rotatable bonds is 4. The van der Waals surface area contributed by atoms with Crippen LogP contribution in [0.3, 0.4) is 0 Å². The summed E-state index contributed by atoms with van der Waals surface area (Å²) in [5.74, 6) is -0.895. The van der Waals surface area contributed by atoms with Crippen molar-refractivity contribution in [1.82, 2.24) is 0 Å². The lowest BCUT2D eigenvalue weighted by Gasteiger charge is -2.60. The minimum atomic E-state index is -3.68. The second-order valence-electron chi connectivity index (χ2n) is 6.98. The molecule has 2 aromatic carbocycles. The minimum absolute atomic E-state index is 0.240. The van der Waals surface area contributed by atoms with Crippen LogP contribution >= 0.6 is 15.9 Å². The largest absolute Gasteiger partial charge is 0.223 e. The topological polar surface area (TPSA) is 68.3 Å². The molecule has 2 aliphatic rings. The first-order valence-electron chi connectivity index (χ1n) is 8.59. The van der Waals surface area contributed by atoms with Crippen LogP contribution in [0.4, 0.5) is 0 Å². The Morgan fingerprint density at radius 3 is 1.73 bits per heavy atom. The lowest BCUT2D eigenvalue weighted by Crippen LogP contribution is -2.69. The maximum Gasteiger partial charge on any atom is 0.194 e. The number of fused-ring (bicyclic) bond motifs is 2. The van der Waals surface area contributed by atoms with Crippen molar-refractivity contribution in [1.29, 1.82) is 0 Å². The van der Waals surface area contributed by atoms with Crippen molar-refractivity contribution in [3.05, 3.63) is 60.7 Å². The van der Waals surface area contributed by atoms with E-state index in [1.165, 1.54) is 0 Å². The molecule has 0 aliphatic heterocycles. The van der Waals surface area contributed by atoms with Crippen molar-refractivity contribution < 1.29 is 16.8 Å². The Balaban J connectivity index is 1.77. The van der Waals surface area contributed by atoms with Gasteiger partial charge in [0.05, 0.1) is 15.0 Å². The minimum Gasteiger partial charge on any atom is -0.223 e. The molecule has 0 heterocycles. The van der Waals surface area contributed by atoms with Crippen LogP contribution in [0, 0.1) is 11.8 Å². The van der Waals surface area contributed by atoms with Gasteiger partial charge in [0, 0.05) is 11.8 Å². The fraction of sp³-hybridized carbons (Fsp3) is 0.368. The molecule has 4 atom stereocenters. The second-order valence-corrected chi connectivity index (χ2v) is 13.1. The van der Waals surface area contributed by atoms with Crippen LogP contribution in [-0.4, -0.2) is 25.7 Å². The lowest BCUT2D eigenvalue weighted by atomic mass is 9.64. The molecular formula is C19H19BrO4S2. The summed E-state index contributed by atoms with van der Waals surface area (Å²) in [7, 11) is -7.25. The molecule has 2 bridgehead atoms. The molecule has 0 amide bonds. The van der Waals surface area contributed by atoms with Gasteiger partial charge in [0.25, 0.3) is 0 Å². The Kier molecular flexibility index (Phi) is 4.32. The Hall–Kier alpha value is -1.18. The van der Waals surface area contributed by atoms with Crippen LogP contribution in [0.1, 0.15) is 19.3 Å². The zero-order chi connectivity index (χ0) is 18.6. The zero-order valence-electron chi connectivity index (χ0n) is 14.0. The van der Waals surface area contributed by atoms with E-state index in [0.717, 1.165) is 6.42 Å². The van der Waals surface area contributed by atoms with Gasteiger partial charge in [-0.25, -0.2) is 16.8 Å². The van der Waals surface area contributed by atoms with Gasteiger partial charge < -0.3 is 0 Å². The fourth-order valence-corrected chi connectivity index (χ4v) is 11.3. The predicted octanol–water partition coefficient (Wildman–Crippen LogP) is 3.82. The molecule has 0 spiro atoms. The van der Waals surface area contributed by atoms with Crippen LogP contribution in [0.25, 0.3) is 0 Å². The van der Waals surface area contributed by atoms with Gasteiger partial charge in [-0.1, -0.05) is 58.7 Å². The summed E-state index contributed by atoms with van der Waals surface area (Å²) in [5.41, 5.74) is 0. The van der Waals surface area contributed by atoms with E-state index in [-0.39, 0.29) is 9.79 Å². The van der Waals surface area contributed by atoms with Gasteiger partial charge in [0.15, 0.2) is 19.7 Å². The van der Waals surface area contributed by atoms with Crippen molar-refractivity contribution in [2.45, 2.75) is 38.0 Å². The van der Waals surface area contributed by atoms with Crippen LogP contribution in [0.5, 0.6) is 0 Å². The Morgan fingerprint density at radius 2 is 1.23 bits per heavy atom. The monoisotopic (exact) mass is 454 g/mol. The Bertz CT molecular complexity index is 1010. The van der Waals surface area contributed by atoms with Crippen molar-refractivity contribution in [2.75, 3.05) is 0 Å². The molecule has 0 N–H and O–H groups in total. The van der Waals surface area contributed by atoms with Crippen molar-refractivity contribution >= 4 is 35.6 Å². The normalized spacial score (nSPS) is 31.2. The maximum absolute atomic E-state index is 13.3. The van der Waals surface area contributed by atoms with E-state index < -0.39 is 40.4 Å². The number of sulfone groups is 2. The third-order valence-corrected chi connectivity index (χ3v) is 12.8. The van der Waals surface area contributed by atoms with Crippen LogP contribution in [-0.2, 0) is 19.7 Å². The predicted molar refractivity (Wildman–Crippen MR) is 104 cm³/mol. The molecule has 0 radical (unpaired) electrons. The smallest absolute Gasteiger partial charge is 0.194 e. The average molecular weight is 455 g/mol. The first-order chi connectivity index (χ1) is 12.3. The highest BCUT2D eigenvalue weighted by atomic mass is 79.9. The van der Waals surface area contributed by atoms with Gasteiger partial charge >= 0.3 is 0 Å². The number of hydrogen-bond donors (Lipinski definition) is 0. The molecule has 2 aliphatic carbocycles. The van der Waals surface area contributed by atoms with Gasteiger partial charge in [-0.15, -0.1) is 0 Å². The van der Waals surface area contributed by atoms with Gasteiger partial charge in [-0.05, 0) is 37.1 Å². The van der Waals surface area contributed by atoms with E-state index in [0.29, 0.717) is 12.8 Å². The molecule has 0 aromatic heterocycles. The van der Waals surface area contributed by atoms with E-state index >= 15 is 0 Å². The second kappa shape index (κ2) is 6.17. The van der Waals surface area contributed by atoms with Gasteiger partial charge in [-0.3, -0.25) is 0 Å². The summed E-state index contributed by atoms with van der Waals surface area (Å²) in [6.07, 6.45) is 2.03. The molecule has 26 heavy (non-hydrogen) atoms. The third kappa shape index (κ3) is 2.36. The molecule has 2 saturated carbocycles. The molecule has 138 valence electrons. The average Bonchev–Trinajstić information content (AvgIpc) is 2.68. The summed E-state index contributed by atoms with van der Waals surface area (Å²) in [6.45, 7) is 0. The lowest BCUT2D eigenvalue weighted by molar-refractivity contribution is 0.110. The molecule has 4 nitrogen and oxygen atoms in total. The van der Waals surface area contributed by atoms with E-state index in [9.17, 15) is 16.8 Å². The molecular weight excluding hydrogens is 436 g/mol. The molecule has 0 saturated heterocycles. The first-order valence-corrected chi connectivity index (χ1v) is 12.4. The Labute approximate surface area is 162 Å². The highest BCUT2D eigenvalue weighted by Crippen LogP contribution is 2.65. The van der Waals surface area contributed by atoms with Gasteiger partial charge in [0.2, 0.25) is 0 Å². The van der Waals surface area contributed by atoms with Gasteiger partial charge in [0.1, 0.15) is 3.66 Å². The summed E-state index contributed by atoms with van der Waals surface area (Å²) in [4.78, 5) is 0.512. The first kappa shape index (κ1) is 18.2. The number of benzene rings is 2. The molecule has 2 aromatic rings. The third-order valence-electron chi connectivity index (χ3n) is 5.73. The van der Waals surface area contributed by atoms with E-state index in [1.54, 1.807) is 60.7 Å². The van der Waals surface area contributed by atoms with E-state index in [4.69, 9.17) is 0 Å². The highest BCUT2D eigenvalue weighted by Gasteiger charge is 2.72. The molecule has 4 rings (SSSR count). The van der Waals surface area contributed by atoms with E-state index in [1.807, 2.05) is 0 Å². The zero-order valence-corrected chi connectivity index (χ0v) is 17.2. The fourth-order valence-electron chi connectivity index (χ4n) is 4.54. The Morgan fingerprint density at radius 1 is 0.769 bits per heavy atom. The van der Waals surface area contributed by atoms with Crippen molar-refractivity contribution in [2.24, 2.45) is 11.8 Å². The van der Waals surface area contributed by atoms with Crippen LogP contribution < -0.4 is 0 Å². The van der Waals surface area contributed by atoms with Crippen LogP contribution in [0.15, 0.2) is 70.5 Å². The standard InChI is InChI=1S/C19H19BrO4S2/c20-19(26(23,24)15-10-5-2-6-11-15)16-12-7-13-17(19)18(16)25(21,22)14-8-3-1-4-9-14/h1-6,8-11,16-18H,7,12-13H2/t16-,17+,18?,19?. The molecule has 7 heteroatoms. The summed E-state index contributed by atoms with van der Waals surface area (Å²) >= 11 is 3.52. The summed E-state index contributed by atoms with van der Waals surface area (Å²) < 4.78 is 51.8. The quantitative estimate of drug-likeness (QED) is 0.658. The summed E-state index contributed by atoms with van der Waals surface area (Å²) in [6, 6.07) is 16.6. The SMILES string of the molecule is O=S(=O)(c1ccccc1)C1[C@H]2CCC[C@@H]1C2(Br)S(=O)(=O)c1ccccc1. The maximum atomic E-state index is 13.3. The number of halogens is 1. The van der Waals surface area contributed by atoms with Crippen molar-refractivity contribution in [3.8, 4) is 0 Å². The molecule has 2 fully saturated rings. The number of hydrogen-bond acceptors (Lipinski definition) is 4. The number of alkyl halides is 1. The van der Waals surface area contributed by atoms with E-state index in [2.05, 4.69) is 15.9 Å². The van der Waals surface area contributed by atoms with Crippen molar-refractivity contribution in [3.63, 3.8) is 0 Å². The van der Waals surface area contributed by atoms with Gasteiger partial charge in [-0.2, -0.15) is 0 Å². The summed E-state index contributed by atoms with van der Waals surface area (Å²) in [5, 5.41) is -0.656. The highest BCUT2D eigenvalue weighted by molar-refractivity contribution is 9.11. The van der Waals surface area contributed by atoms with Crippen LogP contribution in [0.2, 0.25) is 0 Å². The molecule has 2 unspecified atom stereocenters.